The van der Waals surface area contributed by atoms with Gasteiger partial charge in [0.2, 0.25) is 0 Å². The molecule has 1 atom stereocenters. The van der Waals surface area contributed by atoms with E-state index in [1.165, 1.54) is 205 Å². The summed E-state index contributed by atoms with van der Waals surface area (Å²) in [4.78, 5) is 38.3. The van der Waals surface area contributed by atoms with Crippen molar-refractivity contribution >= 4 is 17.9 Å². The van der Waals surface area contributed by atoms with Gasteiger partial charge >= 0.3 is 17.9 Å². The molecule has 0 bridgehead atoms. The predicted octanol–water partition coefficient (Wildman–Crippen LogP) is 21.3. The molecule has 0 rings (SSSR count). The van der Waals surface area contributed by atoms with Crippen LogP contribution >= 0.6 is 0 Å². The monoisotopic (exact) mass is 1020 g/mol. The van der Waals surface area contributed by atoms with E-state index in [0.29, 0.717) is 19.3 Å². The van der Waals surface area contributed by atoms with Gasteiger partial charge in [-0.3, -0.25) is 14.4 Å². The van der Waals surface area contributed by atoms with Gasteiger partial charge in [0, 0.05) is 19.3 Å². The third-order valence-corrected chi connectivity index (χ3v) is 13.7. The first-order chi connectivity index (χ1) is 36.0. The van der Waals surface area contributed by atoms with Crippen molar-refractivity contribution in [1.82, 2.24) is 0 Å². The molecule has 0 aliphatic heterocycles. The minimum absolute atomic E-state index is 0.0964. The van der Waals surface area contributed by atoms with Crippen LogP contribution in [-0.4, -0.2) is 37.2 Å². The Hall–Kier alpha value is -3.15. The van der Waals surface area contributed by atoms with Crippen molar-refractivity contribution in [3.63, 3.8) is 0 Å². The lowest BCUT2D eigenvalue weighted by atomic mass is 10.0. The fraction of sp³-hybridized carbons (Fsp3) is 0.776. The smallest absolute Gasteiger partial charge is 0.306 e. The number of hydrogen-bond donors (Lipinski definition) is 0. The molecule has 0 aromatic carbocycles. The van der Waals surface area contributed by atoms with Gasteiger partial charge in [-0.1, -0.05) is 286 Å². The number of esters is 3. The van der Waals surface area contributed by atoms with Crippen molar-refractivity contribution in [2.45, 2.75) is 322 Å². The van der Waals surface area contributed by atoms with Gasteiger partial charge in [-0.15, -0.1) is 0 Å². The van der Waals surface area contributed by atoms with Crippen LogP contribution in [0.4, 0.5) is 0 Å². The quantitative estimate of drug-likeness (QED) is 0.0261. The van der Waals surface area contributed by atoms with Gasteiger partial charge in [0.15, 0.2) is 6.10 Å². The Kier molecular flexibility index (Phi) is 58.7. The van der Waals surface area contributed by atoms with E-state index in [4.69, 9.17) is 14.2 Å². The number of carbonyl (C=O) groups is 3. The zero-order valence-corrected chi connectivity index (χ0v) is 48.4. The van der Waals surface area contributed by atoms with Gasteiger partial charge in [0.25, 0.3) is 0 Å². The second kappa shape index (κ2) is 61.4. The molecule has 0 aliphatic carbocycles. The van der Waals surface area contributed by atoms with Crippen LogP contribution in [0.15, 0.2) is 72.9 Å². The van der Waals surface area contributed by atoms with Crippen LogP contribution in [0, 0.1) is 0 Å². The van der Waals surface area contributed by atoms with Crippen molar-refractivity contribution in [2.75, 3.05) is 13.2 Å². The van der Waals surface area contributed by atoms with Crippen LogP contribution in [0.5, 0.6) is 0 Å². The number of carbonyl (C=O) groups excluding carboxylic acids is 3. The molecule has 422 valence electrons. The van der Waals surface area contributed by atoms with E-state index in [0.717, 1.165) is 64.2 Å². The Labute approximate surface area is 453 Å². The summed E-state index contributed by atoms with van der Waals surface area (Å²) < 4.78 is 16.9. The van der Waals surface area contributed by atoms with Crippen molar-refractivity contribution in [2.24, 2.45) is 0 Å². The molecule has 0 saturated carbocycles. The van der Waals surface area contributed by atoms with E-state index in [1.807, 2.05) is 6.08 Å². The van der Waals surface area contributed by atoms with E-state index in [2.05, 4.69) is 87.6 Å². The van der Waals surface area contributed by atoms with Crippen LogP contribution in [0.3, 0.4) is 0 Å². The summed E-state index contributed by atoms with van der Waals surface area (Å²) in [5, 5.41) is 0. The van der Waals surface area contributed by atoms with Crippen molar-refractivity contribution < 1.29 is 28.6 Å². The Morgan fingerprint density at radius 2 is 0.521 bits per heavy atom. The SMILES string of the molecule is CCCCC/C=C\C/C=C\C/C=C\C/C=C\C/C=C\CCC(=O)OC[C@H](COC(=O)CCCCCCCCCCC/C=C\CCCCCCCC)OC(=O)CCCCCCCCCCCCCCCCCCC. The summed E-state index contributed by atoms with van der Waals surface area (Å²) in [5.74, 6) is -0.969. The molecule has 6 nitrogen and oxygen atoms in total. The molecule has 6 heteroatoms. The fourth-order valence-corrected chi connectivity index (χ4v) is 8.95. The molecule has 0 saturated heterocycles. The van der Waals surface area contributed by atoms with E-state index in [1.54, 1.807) is 0 Å². The standard InChI is InChI=1S/C67H118O6/c1-4-7-10-13-16-19-22-25-28-31-33-36-38-41-44-47-50-53-56-59-65(68)71-62-64(73-67(70)61-58-55-52-49-46-43-40-35-30-27-24-21-18-15-12-9-6-3)63-72-66(69)60-57-54-51-48-45-42-39-37-34-32-29-26-23-20-17-14-11-8-5-2/h16,19,25-26,28-29,33,36,41,44,50,53,64H,4-15,17-18,20-24,27,30-32,34-35,37-40,42-43,45-49,51-52,54-63H2,1-3H3/b19-16-,28-25-,29-26-,36-33-,44-41-,53-50-/t64-/m1/s1. The number of rotatable bonds is 57. The minimum atomic E-state index is -0.805. The van der Waals surface area contributed by atoms with Gasteiger partial charge in [-0.05, 0) is 83.5 Å². The largest absolute Gasteiger partial charge is 0.462 e. The Balaban J connectivity index is 4.45. The van der Waals surface area contributed by atoms with Gasteiger partial charge in [-0.25, -0.2) is 0 Å². The highest BCUT2D eigenvalue weighted by Gasteiger charge is 2.19. The Bertz CT molecular complexity index is 1360. The number of allylic oxidation sites excluding steroid dienone is 12. The number of hydrogen-bond acceptors (Lipinski definition) is 6. The average molecular weight is 1020 g/mol. The molecule has 0 heterocycles. The summed E-state index contributed by atoms with van der Waals surface area (Å²) in [6, 6.07) is 0. The third kappa shape index (κ3) is 59.6. The summed E-state index contributed by atoms with van der Waals surface area (Å²) in [6.45, 7) is 6.58. The predicted molar refractivity (Wildman–Crippen MR) is 316 cm³/mol. The molecule has 0 fully saturated rings. The van der Waals surface area contributed by atoms with Crippen LogP contribution < -0.4 is 0 Å². The maximum absolute atomic E-state index is 12.9. The second-order valence-corrected chi connectivity index (χ2v) is 21.0. The van der Waals surface area contributed by atoms with Crippen LogP contribution in [0.25, 0.3) is 0 Å². The van der Waals surface area contributed by atoms with Crippen molar-refractivity contribution in [3.8, 4) is 0 Å². The van der Waals surface area contributed by atoms with E-state index in [9.17, 15) is 14.4 Å². The molecule has 0 spiro atoms. The molecule has 0 amide bonds. The lowest BCUT2D eigenvalue weighted by molar-refractivity contribution is -0.166. The normalized spacial score (nSPS) is 12.5. The van der Waals surface area contributed by atoms with Gasteiger partial charge in [-0.2, -0.15) is 0 Å². The molecule has 73 heavy (non-hydrogen) atoms. The van der Waals surface area contributed by atoms with Gasteiger partial charge in [0.1, 0.15) is 13.2 Å². The fourth-order valence-electron chi connectivity index (χ4n) is 8.95. The molecular weight excluding hydrogens is 901 g/mol. The first-order valence-electron chi connectivity index (χ1n) is 31.4. The second-order valence-electron chi connectivity index (χ2n) is 21.0. The summed E-state index contributed by atoms with van der Waals surface area (Å²) >= 11 is 0. The topological polar surface area (TPSA) is 78.9 Å². The zero-order valence-electron chi connectivity index (χ0n) is 48.4. The van der Waals surface area contributed by atoms with Gasteiger partial charge in [0.05, 0.1) is 0 Å². The highest BCUT2D eigenvalue weighted by atomic mass is 16.6. The summed E-state index contributed by atoms with van der Waals surface area (Å²) in [7, 11) is 0. The van der Waals surface area contributed by atoms with Crippen LogP contribution in [-0.2, 0) is 28.6 Å². The molecule has 0 unspecified atom stereocenters. The molecule has 0 aliphatic rings. The Morgan fingerprint density at radius 3 is 0.890 bits per heavy atom. The lowest BCUT2D eigenvalue weighted by Gasteiger charge is -2.18. The highest BCUT2D eigenvalue weighted by Crippen LogP contribution is 2.16. The third-order valence-electron chi connectivity index (χ3n) is 13.7. The van der Waals surface area contributed by atoms with E-state index < -0.39 is 6.10 Å². The maximum atomic E-state index is 12.9. The molecule has 0 radical (unpaired) electrons. The molecular formula is C67H118O6. The first-order valence-corrected chi connectivity index (χ1v) is 31.4. The van der Waals surface area contributed by atoms with Gasteiger partial charge < -0.3 is 14.2 Å². The number of unbranched alkanes of at least 4 members (excludes halogenated alkanes) is 34. The minimum Gasteiger partial charge on any atom is -0.462 e. The van der Waals surface area contributed by atoms with Crippen molar-refractivity contribution in [3.05, 3.63) is 72.9 Å². The van der Waals surface area contributed by atoms with E-state index >= 15 is 0 Å². The number of ether oxygens (including phenoxy) is 3. The molecule has 0 N–H and O–H groups in total. The molecule has 0 aromatic rings. The summed E-state index contributed by atoms with van der Waals surface area (Å²) in [5.41, 5.74) is 0. The first kappa shape index (κ1) is 69.8. The average Bonchev–Trinajstić information content (AvgIpc) is 3.39. The molecule has 0 aromatic heterocycles. The Morgan fingerprint density at radius 1 is 0.274 bits per heavy atom. The van der Waals surface area contributed by atoms with Crippen LogP contribution in [0.1, 0.15) is 316 Å². The zero-order chi connectivity index (χ0) is 52.9. The van der Waals surface area contributed by atoms with Crippen LogP contribution in [0.2, 0.25) is 0 Å². The summed E-state index contributed by atoms with van der Waals surface area (Å²) in [6.07, 6.45) is 79.1. The van der Waals surface area contributed by atoms with E-state index in [-0.39, 0.29) is 37.5 Å². The lowest BCUT2D eigenvalue weighted by Crippen LogP contribution is -2.30. The highest BCUT2D eigenvalue weighted by molar-refractivity contribution is 5.71. The van der Waals surface area contributed by atoms with Crippen molar-refractivity contribution in [1.29, 1.82) is 0 Å². The maximum Gasteiger partial charge on any atom is 0.306 e.